The van der Waals surface area contributed by atoms with Gasteiger partial charge < -0.3 is 4.74 Å². The van der Waals surface area contributed by atoms with E-state index in [1.54, 1.807) is 0 Å². The van der Waals surface area contributed by atoms with Crippen LogP contribution in [0.4, 0.5) is 0 Å². The van der Waals surface area contributed by atoms with Crippen molar-refractivity contribution in [3.8, 4) is 5.75 Å². The molecule has 0 N–H and O–H groups in total. The summed E-state index contributed by atoms with van der Waals surface area (Å²) in [6.45, 7) is 4.48. The van der Waals surface area contributed by atoms with E-state index in [9.17, 15) is 4.79 Å². The van der Waals surface area contributed by atoms with Crippen LogP contribution in [0.25, 0.3) is 10.8 Å². The number of carbonyl (C=O) groups is 1. The number of rotatable bonds is 4. The minimum absolute atomic E-state index is 0.0135. The molecule has 2 aromatic carbocycles. The molecule has 4 atom stereocenters. The fraction of sp³-hybridized carbons (Fsp3) is 0.560. The molecule has 2 heteroatoms. The van der Waals surface area contributed by atoms with E-state index in [-0.39, 0.29) is 11.9 Å². The molecule has 2 saturated carbocycles. The van der Waals surface area contributed by atoms with Gasteiger partial charge in [0.1, 0.15) is 5.75 Å². The van der Waals surface area contributed by atoms with Crippen LogP contribution in [0, 0.1) is 17.8 Å². The maximum absolute atomic E-state index is 12.9. The monoisotopic (exact) mass is 364 g/mol. The van der Waals surface area contributed by atoms with Crippen molar-refractivity contribution in [2.24, 2.45) is 17.8 Å². The molecule has 4 rings (SSSR count). The first-order valence-corrected chi connectivity index (χ1v) is 10.9. The molecule has 2 fully saturated rings. The van der Waals surface area contributed by atoms with Crippen molar-refractivity contribution in [2.45, 2.75) is 71.1 Å². The van der Waals surface area contributed by atoms with Crippen molar-refractivity contribution < 1.29 is 9.53 Å². The lowest BCUT2D eigenvalue weighted by molar-refractivity contribution is -0.141. The van der Waals surface area contributed by atoms with E-state index in [0.717, 1.165) is 42.2 Å². The summed E-state index contributed by atoms with van der Waals surface area (Å²) in [6.07, 6.45) is 9.74. The quantitative estimate of drug-likeness (QED) is 0.437. The highest BCUT2D eigenvalue weighted by Gasteiger charge is 2.36. The average Bonchev–Trinajstić information content (AvgIpc) is 2.73. The lowest BCUT2D eigenvalue weighted by Gasteiger charge is -2.38. The van der Waals surface area contributed by atoms with E-state index in [0.29, 0.717) is 5.92 Å². The standard InChI is InChI=1S/C25H32O2/c1-3-17(2)21-14-15-24(23-11-7-6-10-22(21)23)27-25(26)20-13-12-18-8-4-5-9-19(18)16-20/h6-7,10-11,14-15,17-20H,3-5,8-9,12-13,16H2,1-2H3. The summed E-state index contributed by atoms with van der Waals surface area (Å²) in [7, 11) is 0. The number of hydrogen-bond acceptors (Lipinski definition) is 2. The molecule has 0 aromatic heterocycles. The van der Waals surface area contributed by atoms with Crippen molar-refractivity contribution in [1.29, 1.82) is 0 Å². The highest BCUT2D eigenvalue weighted by Crippen LogP contribution is 2.43. The Hall–Kier alpha value is -1.83. The fourth-order valence-corrected chi connectivity index (χ4v) is 5.31. The second kappa shape index (κ2) is 8.04. The summed E-state index contributed by atoms with van der Waals surface area (Å²) >= 11 is 0. The Labute approximate surface area is 163 Å². The molecule has 27 heavy (non-hydrogen) atoms. The van der Waals surface area contributed by atoms with Gasteiger partial charge in [-0.1, -0.05) is 69.9 Å². The van der Waals surface area contributed by atoms with Crippen LogP contribution in [-0.4, -0.2) is 5.97 Å². The van der Waals surface area contributed by atoms with Crippen LogP contribution >= 0.6 is 0 Å². The first kappa shape index (κ1) is 18.5. The topological polar surface area (TPSA) is 26.3 Å². The predicted molar refractivity (Wildman–Crippen MR) is 111 cm³/mol. The van der Waals surface area contributed by atoms with Gasteiger partial charge >= 0.3 is 5.97 Å². The summed E-state index contributed by atoms with van der Waals surface area (Å²) in [5.41, 5.74) is 1.34. The largest absolute Gasteiger partial charge is 0.426 e. The van der Waals surface area contributed by atoms with E-state index >= 15 is 0 Å². The summed E-state index contributed by atoms with van der Waals surface area (Å²) in [4.78, 5) is 12.9. The molecule has 2 aliphatic rings. The normalized spacial score (nSPS) is 26.4. The van der Waals surface area contributed by atoms with Crippen molar-refractivity contribution >= 4 is 16.7 Å². The molecule has 2 aliphatic carbocycles. The van der Waals surface area contributed by atoms with E-state index in [2.05, 4.69) is 38.1 Å². The molecule has 0 bridgehead atoms. The highest BCUT2D eigenvalue weighted by molar-refractivity contribution is 5.93. The molecule has 0 aliphatic heterocycles. The Morgan fingerprint density at radius 1 is 1.00 bits per heavy atom. The van der Waals surface area contributed by atoms with Gasteiger partial charge in [-0.05, 0) is 60.5 Å². The number of fused-ring (bicyclic) bond motifs is 2. The van der Waals surface area contributed by atoms with Gasteiger partial charge in [-0.25, -0.2) is 0 Å². The third kappa shape index (κ3) is 3.77. The van der Waals surface area contributed by atoms with Crippen LogP contribution in [0.2, 0.25) is 0 Å². The molecule has 2 aromatic rings. The zero-order valence-corrected chi connectivity index (χ0v) is 16.7. The second-order valence-corrected chi connectivity index (χ2v) is 8.74. The summed E-state index contributed by atoms with van der Waals surface area (Å²) < 4.78 is 5.98. The summed E-state index contributed by atoms with van der Waals surface area (Å²) in [6, 6.07) is 12.5. The van der Waals surface area contributed by atoms with Gasteiger partial charge in [0.05, 0.1) is 5.92 Å². The minimum atomic E-state index is -0.0135. The molecule has 144 valence electrons. The SMILES string of the molecule is CCC(C)c1ccc(OC(=O)C2CCC3CCCCC3C2)c2ccccc12. The van der Waals surface area contributed by atoms with Crippen LogP contribution in [0.15, 0.2) is 36.4 Å². The van der Waals surface area contributed by atoms with Gasteiger partial charge in [0, 0.05) is 5.39 Å². The Kier molecular flexibility index (Phi) is 5.52. The molecular formula is C25H32O2. The first-order chi connectivity index (χ1) is 13.2. The summed E-state index contributed by atoms with van der Waals surface area (Å²) in [5.74, 6) is 2.90. The van der Waals surface area contributed by atoms with Gasteiger partial charge in [0.25, 0.3) is 0 Å². The Bertz CT molecular complexity index is 809. The minimum Gasteiger partial charge on any atom is -0.426 e. The fourth-order valence-electron chi connectivity index (χ4n) is 5.31. The second-order valence-electron chi connectivity index (χ2n) is 8.74. The van der Waals surface area contributed by atoms with Crippen molar-refractivity contribution in [1.82, 2.24) is 0 Å². The average molecular weight is 365 g/mol. The molecule has 0 radical (unpaired) electrons. The van der Waals surface area contributed by atoms with E-state index in [1.807, 2.05) is 12.1 Å². The zero-order chi connectivity index (χ0) is 18.8. The van der Waals surface area contributed by atoms with Gasteiger partial charge in [-0.2, -0.15) is 0 Å². The molecule has 2 nitrogen and oxygen atoms in total. The van der Waals surface area contributed by atoms with Gasteiger partial charge in [0.15, 0.2) is 0 Å². The number of carbonyl (C=O) groups excluding carboxylic acids is 1. The molecule has 0 amide bonds. The van der Waals surface area contributed by atoms with Crippen LogP contribution in [0.5, 0.6) is 5.75 Å². The van der Waals surface area contributed by atoms with Gasteiger partial charge in [-0.3, -0.25) is 4.79 Å². The maximum Gasteiger partial charge on any atom is 0.314 e. The number of hydrogen-bond donors (Lipinski definition) is 0. The molecule has 4 unspecified atom stereocenters. The Morgan fingerprint density at radius 2 is 1.74 bits per heavy atom. The number of benzene rings is 2. The summed E-state index contributed by atoms with van der Waals surface area (Å²) in [5, 5.41) is 2.28. The number of ether oxygens (including phenoxy) is 1. The van der Waals surface area contributed by atoms with Crippen molar-refractivity contribution in [3.63, 3.8) is 0 Å². The Morgan fingerprint density at radius 3 is 2.52 bits per heavy atom. The van der Waals surface area contributed by atoms with Gasteiger partial charge in [0.2, 0.25) is 0 Å². The van der Waals surface area contributed by atoms with Crippen LogP contribution < -0.4 is 4.74 Å². The lowest BCUT2D eigenvalue weighted by Crippen LogP contribution is -2.33. The van der Waals surface area contributed by atoms with Gasteiger partial charge in [-0.15, -0.1) is 0 Å². The molecular weight excluding hydrogens is 332 g/mol. The molecule has 0 saturated heterocycles. The Balaban J connectivity index is 1.54. The van der Waals surface area contributed by atoms with Crippen molar-refractivity contribution in [2.75, 3.05) is 0 Å². The van der Waals surface area contributed by atoms with E-state index in [1.165, 1.54) is 43.1 Å². The smallest absolute Gasteiger partial charge is 0.314 e. The van der Waals surface area contributed by atoms with E-state index in [4.69, 9.17) is 4.74 Å². The first-order valence-electron chi connectivity index (χ1n) is 10.9. The van der Waals surface area contributed by atoms with Crippen molar-refractivity contribution in [3.05, 3.63) is 42.0 Å². The van der Waals surface area contributed by atoms with Crippen LogP contribution in [0.3, 0.4) is 0 Å². The predicted octanol–water partition coefficient (Wildman–Crippen LogP) is 6.87. The van der Waals surface area contributed by atoms with Crippen LogP contribution in [-0.2, 0) is 4.79 Å². The zero-order valence-electron chi connectivity index (χ0n) is 16.7. The molecule has 0 heterocycles. The number of esters is 1. The third-order valence-corrected chi connectivity index (χ3v) is 7.14. The van der Waals surface area contributed by atoms with E-state index < -0.39 is 0 Å². The highest BCUT2D eigenvalue weighted by atomic mass is 16.5. The lowest BCUT2D eigenvalue weighted by atomic mass is 9.67. The maximum atomic E-state index is 12.9. The van der Waals surface area contributed by atoms with Crippen LogP contribution in [0.1, 0.15) is 76.7 Å². The molecule has 0 spiro atoms. The third-order valence-electron chi connectivity index (χ3n) is 7.14.